The number of ether oxygens (including phenoxy) is 1. The highest BCUT2D eigenvalue weighted by molar-refractivity contribution is 5.68. The van der Waals surface area contributed by atoms with E-state index in [4.69, 9.17) is 15.5 Å². The van der Waals surface area contributed by atoms with E-state index in [1.54, 1.807) is 4.90 Å². The molecule has 1 saturated heterocycles. The maximum Gasteiger partial charge on any atom is 0.410 e. The van der Waals surface area contributed by atoms with E-state index in [0.29, 0.717) is 13.1 Å². The van der Waals surface area contributed by atoms with Gasteiger partial charge in [0.05, 0.1) is 6.04 Å². The molecule has 2 heterocycles. The third kappa shape index (κ3) is 4.81. The number of anilines is 1. The van der Waals surface area contributed by atoms with Gasteiger partial charge in [-0.15, -0.1) is 0 Å². The molecule has 1 aromatic heterocycles. The summed E-state index contributed by atoms with van der Waals surface area (Å²) >= 11 is 0. The Balaban J connectivity index is 1.65. The summed E-state index contributed by atoms with van der Waals surface area (Å²) in [7, 11) is 0. The summed E-state index contributed by atoms with van der Waals surface area (Å²) in [4.78, 5) is 21.0. The number of amides is 1. The second kappa shape index (κ2) is 8.19. The van der Waals surface area contributed by atoms with Gasteiger partial charge in [0, 0.05) is 31.9 Å². The fourth-order valence-electron chi connectivity index (χ4n) is 3.35. The lowest BCUT2D eigenvalue weighted by molar-refractivity contribution is 0.0240. The van der Waals surface area contributed by atoms with Crippen molar-refractivity contribution in [3.63, 3.8) is 0 Å². The minimum absolute atomic E-state index is 0.188. The largest absolute Gasteiger partial charge is 0.444 e. The first-order valence-electron chi connectivity index (χ1n) is 9.75. The molecule has 0 bridgehead atoms. The molecule has 2 N–H and O–H groups in total. The molecular formula is C22H30N4O2. The molecule has 6 heteroatoms. The minimum atomic E-state index is -0.472. The zero-order chi connectivity index (χ0) is 20.3. The average molecular weight is 383 g/mol. The van der Waals surface area contributed by atoms with E-state index in [9.17, 15) is 4.79 Å². The lowest BCUT2D eigenvalue weighted by atomic mass is 9.98. The smallest absolute Gasteiger partial charge is 0.410 e. The summed E-state index contributed by atoms with van der Waals surface area (Å²) in [5.74, 6) is 0.922. The minimum Gasteiger partial charge on any atom is -0.444 e. The Morgan fingerprint density at radius 2 is 1.71 bits per heavy atom. The first-order valence-corrected chi connectivity index (χ1v) is 9.75. The molecule has 28 heavy (non-hydrogen) atoms. The van der Waals surface area contributed by atoms with E-state index in [1.807, 2.05) is 64.1 Å². The standard InChI is InChI=1S/C22H30N4O2/c1-16-18(20(23)17-8-6-5-7-9-17)10-11-19(24-16)25-12-14-26(15-13-25)21(27)28-22(2,3)4/h5-11,20H,12-15,23H2,1-4H3/t20-/m1/s1. The van der Waals surface area contributed by atoms with Crippen LogP contribution in [0.5, 0.6) is 0 Å². The summed E-state index contributed by atoms with van der Waals surface area (Å²) in [5, 5.41) is 0. The van der Waals surface area contributed by atoms with Gasteiger partial charge in [-0.2, -0.15) is 0 Å². The summed E-state index contributed by atoms with van der Waals surface area (Å²) in [6.07, 6.45) is -0.250. The highest BCUT2D eigenvalue weighted by atomic mass is 16.6. The fraction of sp³-hybridized carbons (Fsp3) is 0.455. The van der Waals surface area contributed by atoms with E-state index in [-0.39, 0.29) is 12.1 Å². The van der Waals surface area contributed by atoms with Crippen LogP contribution in [0.4, 0.5) is 10.6 Å². The van der Waals surface area contributed by atoms with Gasteiger partial charge in [0.2, 0.25) is 0 Å². The number of carbonyl (C=O) groups is 1. The zero-order valence-corrected chi connectivity index (χ0v) is 17.2. The van der Waals surface area contributed by atoms with Crippen molar-refractivity contribution in [1.29, 1.82) is 0 Å². The van der Waals surface area contributed by atoms with E-state index in [2.05, 4.69) is 11.0 Å². The van der Waals surface area contributed by atoms with Crippen LogP contribution < -0.4 is 10.6 Å². The van der Waals surface area contributed by atoms with Crippen LogP contribution in [0.2, 0.25) is 0 Å². The molecule has 150 valence electrons. The number of nitrogens with zero attached hydrogens (tertiary/aromatic N) is 3. The van der Waals surface area contributed by atoms with Gasteiger partial charge in [0.1, 0.15) is 11.4 Å². The Kier molecular flexibility index (Phi) is 5.89. The van der Waals surface area contributed by atoms with Crippen LogP contribution in [0.15, 0.2) is 42.5 Å². The van der Waals surface area contributed by atoms with Gasteiger partial charge in [-0.05, 0) is 44.9 Å². The van der Waals surface area contributed by atoms with E-state index < -0.39 is 5.60 Å². The third-order valence-corrected chi connectivity index (χ3v) is 4.86. The lowest BCUT2D eigenvalue weighted by Crippen LogP contribution is -2.50. The van der Waals surface area contributed by atoms with Crippen molar-refractivity contribution >= 4 is 11.9 Å². The molecule has 0 saturated carbocycles. The molecule has 1 fully saturated rings. The van der Waals surface area contributed by atoms with Crippen LogP contribution >= 0.6 is 0 Å². The van der Waals surface area contributed by atoms with Crippen LogP contribution in [0.3, 0.4) is 0 Å². The molecule has 3 rings (SSSR count). The second-order valence-electron chi connectivity index (χ2n) is 8.19. The summed E-state index contributed by atoms with van der Waals surface area (Å²) in [5.41, 5.74) is 9.00. The van der Waals surface area contributed by atoms with Crippen LogP contribution in [-0.2, 0) is 4.74 Å². The quantitative estimate of drug-likeness (QED) is 0.880. The Labute approximate surface area is 167 Å². The normalized spacial score (nSPS) is 16.0. The molecule has 1 aliphatic heterocycles. The number of benzene rings is 1. The Bertz CT molecular complexity index is 809. The average Bonchev–Trinajstić information content (AvgIpc) is 2.67. The number of aryl methyl sites for hydroxylation is 1. The molecule has 0 spiro atoms. The third-order valence-electron chi connectivity index (χ3n) is 4.86. The second-order valence-corrected chi connectivity index (χ2v) is 8.19. The number of hydrogen-bond acceptors (Lipinski definition) is 5. The number of hydrogen-bond donors (Lipinski definition) is 1. The number of pyridine rings is 1. The van der Waals surface area contributed by atoms with Crippen molar-refractivity contribution in [2.75, 3.05) is 31.1 Å². The number of nitrogens with two attached hydrogens (primary N) is 1. The van der Waals surface area contributed by atoms with Gasteiger partial charge in [-0.1, -0.05) is 36.4 Å². The molecule has 6 nitrogen and oxygen atoms in total. The SMILES string of the molecule is Cc1nc(N2CCN(C(=O)OC(C)(C)C)CC2)ccc1[C@H](N)c1ccccc1. The maximum atomic E-state index is 12.2. The monoisotopic (exact) mass is 382 g/mol. The molecule has 1 atom stereocenters. The van der Waals surface area contributed by atoms with Crippen LogP contribution in [0, 0.1) is 6.92 Å². The number of piperazine rings is 1. The first-order chi connectivity index (χ1) is 13.2. The Morgan fingerprint density at radius 1 is 1.07 bits per heavy atom. The van der Waals surface area contributed by atoms with Crippen LogP contribution in [-0.4, -0.2) is 47.8 Å². The van der Waals surface area contributed by atoms with Gasteiger partial charge >= 0.3 is 6.09 Å². The van der Waals surface area contributed by atoms with Crippen molar-refractivity contribution in [1.82, 2.24) is 9.88 Å². The van der Waals surface area contributed by atoms with Crippen molar-refractivity contribution in [3.8, 4) is 0 Å². The predicted octanol–water partition coefficient (Wildman–Crippen LogP) is 3.50. The molecular weight excluding hydrogens is 352 g/mol. The molecule has 1 amide bonds. The predicted molar refractivity (Wildman–Crippen MR) is 111 cm³/mol. The highest BCUT2D eigenvalue weighted by Crippen LogP contribution is 2.24. The van der Waals surface area contributed by atoms with Gasteiger partial charge in [0.15, 0.2) is 0 Å². The van der Waals surface area contributed by atoms with Crippen molar-refractivity contribution in [3.05, 3.63) is 59.3 Å². The number of carbonyl (C=O) groups excluding carboxylic acids is 1. The molecule has 1 aliphatic rings. The Morgan fingerprint density at radius 3 is 2.29 bits per heavy atom. The zero-order valence-electron chi connectivity index (χ0n) is 17.2. The van der Waals surface area contributed by atoms with Gasteiger partial charge in [-0.25, -0.2) is 9.78 Å². The van der Waals surface area contributed by atoms with Crippen molar-refractivity contribution in [2.24, 2.45) is 5.73 Å². The highest BCUT2D eigenvalue weighted by Gasteiger charge is 2.26. The fourth-order valence-corrected chi connectivity index (χ4v) is 3.35. The lowest BCUT2D eigenvalue weighted by Gasteiger charge is -2.36. The van der Waals surface area contributed by atoms with Crippen molar-refractivity contribution in [2.45, 2.75) is 39.3 Å². The first kappa shape index (κ1) is 20.1. The molecule has 0 unspecified atom stereocenters. The molecule has 0 radical (unpaired) electrons. The van der Waals surface area contributed by atoms with Crippen LogP contribution in [0.25, 0.3) is 0 Å². The number of aromatic nitrogens is 1. The topological polar surface area (TPSA) is 71.7 Å². The van der Waals surface area contributed by atoms with E-state index in [0.717, 1.165) is 35.7 Å². The molecule has 1 aromatic carbocycles. The molecule has 2 aromatic rings. The summed E-state index contributed by atoms with van der Waals surface area (Å²) in [6.45, 7) is 10.4. The van der Waals surface area contributed by atoms with Crippen molar-refractivity contribution < 1.29 is 9.53 Å². The van der Waals surface area contributed by atoms with E-state index >= 15 is 0 Å². The summed E-state index contributed by atoms with van der Waals surface area (Å²) < 4.78 is 5.46. The Hall–Kier alpha value is -2.60. The van der Waals surface area contributed by atoms with Crippen LogP contribution in [0.1, 0.15) is 43.6 Å². The van der Waals surface area contributed by atoms with Gasteiger partial charge < -0.3 is 20.3 Å². The molecule has 0 aliphatic carbocycles. The van der Waals surface area contributed by atoms with Gasteiger partial charge in [-0.3, -0.25) is 0 Å². The number of rotatable bonds is 3. The van der Waals surface area contributed by atoms with E-state index in [1.165, 1.54) is 0 Å². The van der Waals surface area contributed by atoms with Gasteiger partial charge in [0.25, 0.3) is 0 Å². The summed E-state index contributed by atoms with van der Waals surface area (Å²) in [6, 6.07) is 14.0. The maximum absolute atomic E-state index is 12.2.